The largest absolute Gasteiger partial charge is 0.490 e. The number of ether oxygens (including phenoxy) is 2. The van der Waals surface area contributed by atoms with E-state index in [1.807, 2.05) is 18.2 Å². The molecule has 5 rings (SSSR count). The highest BCUT2D eigenvalue weighted by atomic mass is 35.5. The van der Waals surface area contributed by atoms with Gasteiger partial charge in [0.2, 0.25) is 0 Å². The van der Waals surface area contributed by atoms with Crippen molar-refractivity contribution in [3.8, 4) is 17.6 Å². The number of halogens is 1. The summed E-state index contributed by atoms with van der Waals surface area (Å²) in [5.41, 5.74) is 3.84. The number of hydrogen-bond donors (Lipinski definition) is 1. The average Bonchev–Trinajstić information content (AvgIpc) is 2.98. The molecule has 0 amide bonds. The molecule has 0 aromatic heterocycles. The first kappa shape index (κ1) is 24.0. The van der Waals surface area contributed by atoms with Crippen LogP contribution in [0.3, 0.4) is 0 Å². The quantitative estimate of drug-likeness (QED) is 0.479. The number of hydrogen-bond acceptors (Lipinski definition) is 5. The summed E-state index contributed by atoms with van der Waals surface area (Å²) in [5.74, 6) is 6.70. The summed E-state index contributed by atoms with van der Waals surface area (Å²) in [7, 11) is 1.40. The van der Waals surface area contributed by atoms with E-state index in [2.05, 4.69) is 28.9 Å². The van der Waals surface area contributed by atoms with E-state index < -0.39 is 6.10 Å². The zero-order chi connectivity index (χ0) is 24.6. The van der Waals surface area contributed by atoms with E-state index in [1.54, 1.807) is 13.0 Å². The van der Waals surface area contributed by atoms with Crippen molar-refractivity contribution in [1.29, 1.82) is 0 Å². The number of anilines is 1. The Kier molecular flexibility index (Phi) is 6.70. The molecule has 1 N–H and O–H groups in total. The fourth-order valence-electron chi connectivity index (χ4n) is 6.13. The first-order valence-electron chi connectivity index (χ1n) is 12.4. The molecule has 6 heteroatoms. The minimum Gasteiger partial charge on any atom is -0.490 e. The van der Waals surface area contributed by atoms with Gasteiger partial charge in [0.1, 0.15) is 11.9 Å². The van der Waals surface area contributed by atoms with Gasteiger partial charge in [-0.3, -0.25) is 0 Å². The number of methoxy groups -OCH3 is 1. The molecule has 5 nitrogen and oxygen atoms in total. The minimum atomic E-state index is -0.602. The monoisotopic (exact) mass is 493 g/mol. The Morgan fingerprint density at radius 1 is 1.31 bits per heavy atom. The second-order valence-corrected chi connectivity index (χ2v) is 10.6. The number of esters is 1. The van der Waals surface area contributed by atoms with Crippen LogP contribution in [0.2, 0.25) is 5.02 Å². The fourth-order valence-corrected chi connectivity index (χ4v) is 6.33. The summed E-state index contributed by atoms with van der Waals surface area (Å²) < 4.78 is 11.5. The lowest BCUT2D eigenvalue weighted by atomic mass is 9.68. The van der Waals surface area contributed by atoms with Crippen LogP contribution in [-0.2, 0) is 16.6 Å². The molecule has 4 atom stereocenters. The summed E-state index contributed by atoms with van der Waals surface area (Å²) in [6.07, 6.45) is 4.54. The van der Waals surface area contributed by atoms with Crippen molar-refractivity contribution in [2.75, 3.05) is 31.7 Å². The first-order valence-corrected chi connectivity index (χ1v) is 12.8. The molecule has 0 bridgehead atoms. The normalized spacial score (nSPS) is 25.7. The van der Waals surface area contributed by atoms with E-state index in [9.17, 15) is 9.90 Å². The maximum Gasteiger partial charge on any atom is 0.337 e. The Balaban J connectivity index is 1.54. The molecule has 184 valence electrons. The van der Waals surface area contributed by atoms with Crippen molar-refractivity contribution >= 4 is 23.3 Å². The van der Waals surface area contributed by atoms with Gasteiger partial charge < -0.3 is 19.5 Å². The summed E-state index contributed by atoms with van der Waals surface area (Å²) in [6.45, 7) is 3.89. The van der Waals surface area contributed by atoms with Gasteiger partial charge in [0, 0.05) is 29.4 Å². The molecule has 0 unspecified atom stereocenters. The van der Waals surface area contributed by atoms with Gasteiger partial charge in [-0.15, -0.1) is 5.92 Å². The lowest BCUT2D eigenvalue weighted by molar-refractivity contribution is 0.0516. The summed E-state index contributed by atoms with van der Waals surface area (Å²) in [6, 6.07) is 11.8. The number of aliphatic hydroxyl groups excluding tert-OH is 1. The number of fused-ring (bicyclic) bond motifs is 3. The SMILES string of the molecule is CC#C[C@H](O)[C@@H]1CC[C@H]1CN1C[C@@]2(CCCc3cc(Cl)ccc32)COc2ccc(C(=O)OC)cc21. The van der Waals surface area contributed by atoms with Crippen LogP contribution in [0.5, 0.6) is 5.75 Å². The molecule has 1 spiro atoms. The Bertz CT molecular complexity index is 1180. The predicted octanol–water partition coefficient (Wildman–Crippen LogP) is 5.01. The molecular weight excluding hydrogens is 462 g/mol. The van der Waals surface area contributed by atoms with Crippen molar-refractivity contribution in [1.82, 2.24) is 0 Å². The Labute approximate surface area is 212 Å². The molecule has 1 fully saturated rings. The molecule has 2 aliphatic carbocycles. The van der Waals surface area contributed by atoms with Crippen LogP contribution in [0.25, 0.3) is 0 Å². The van der Waals surface area contributed by atoms with Gasteiger partial charge in [-0.2, -0.15) is 0 Å². The van der Waals surface area contributed by atoms with Crippen LogP contribution < -0.4 is 9.64 Å². The Morgan fingerprint density at radius 3 is 2.91 bits per heavy atom. The zero-order valence-corrected chi connectivity index (χ0v) is 21.1. The van der Waals surface area contributed by atoms with E-state index in [0.717, 1.165) is 61.7 Å². The van der Waals surface area contributed by atoms with Crippen LogP contribution in [-0.4, -0.2) is 44.0 Å². The van der Waals surface area contributed by atoms with Gasteiger partial charge in [0.05, 0.1) is 25.0 Å². The second kappa shape index (κ2) is 9.76. The molecular formula is C29H32ClNO4. The van der Waals surface area contributed by atoms with Crippen molar-refractivity contribution in [2.24, 2.45) is 11.8 Å². The molecule has 1 aliphatic heterocycles. The highest BCUT2D eigenvalue weighted by Gasteiger charge is 2.44. The number of nitrogens with zero attached hydrogens (tertiary/aromatic N) is 1. The van der Waals surface area contributed by atoms with E-state index >= 15 is 0 Å². The number of benzene rings is 2. The molecule has 1 heterocycles. The number of rotatable bonds is 4. The molecule has 2 aromatic rings. The Morgan fingerprint density at radius 2 is 2.17 bits per heavy atom. The zero-order valence-electron chi connectivity index (χ0n) is 20.4. The van der Waals surface area contributed by atoms with Crippen molar-refractivity contribution < 1.29 is 19.4 Å². The molecule has 0 saturated heterocycles. The van der Waals surface area contributed by atoms with Crippen LogP contribution in [0.4, 0.5) is 5.69 Å². The molecule has 2 aromatic carbocycles. The van der Waals surface area contributed by atoms with Gasteiger partial charge in [0.15, 0.2) is 0 Å². The third kappa shape index (κ3) is 4.50. The maximum atomic E-state index is 12.3. The minimum absolute atomic E-state index is 0.159. The summed E-state index contributed by atoms with van der Waals surface area (Å²) in [5, 5.41) is 11.3. The van der Waals surface area contributed by atoms with Gasteiger partial charge in [-0.25, -0.2) is 4.79 Å². The third-order valence-electron chi connectivity index (χ3n) is 8.09. The molecule has 35 heavy (non-hydrogen) atoms. The second-order valence-electron chi connectivity index (χ2n) is 10.1. The average molecular weight is 494 g/mol. The molecule has 0 radical (unpaired) electrons. The van der Waals surface area contributed by atoms with E-state index in [4.69, 9.17) is 21.1 Å². The standard InChI is InChI=1S/C29H32ClNO4/c1-3-5-26(32)23-10-7-21(23)16-31-17-29(13-4-6-19-14-22(30)9-11-24(19)29)18-35-27-12-8-20(15-25(27)31)28(33)34-2/h8-9,11-12,14-15,21,23,26,32H,4,6-7,10,13,16-18H2,1-2H3/t21-,23+,26-,29-/m0/s1. The fraction of sp³-hybridized carbons (Fsp3) is 0.483. The van der Waals surface area contributed by atoms with Crippen LogP contribution in [0.15, 0.2) is 36.4 Å². The van der Waals surface area contributed by atoms with Crippen molar-refractivity contribution in [3.63, 3.8) is 0 Å². The highest BCUT2D eigenvalue weighted by molar-refractivity contribution is 6.30. The van der Waals surface area contributed by atoms with Crippen molar-refractivity contribution in [3.05, 3.63) is 58.1 Å². The predicted molar refractivity (Wildman–Crippen MR) is 137 cm³/mol. The van der Waals surface area contributed by atoms with Gasteiger partial charge in [-0.1, -0.05) is 23.6 Å². The summed E-state index contributed by atoms with van der Waals surface area (Å²) >= 11 is 6.35. The number of carbonyl (C=O) groups is 1. The molecule has 1 saturated carbocycles. The highest BCUT2D eigenvalue weighted by Crippen LogP contribution is 2.46. The smallest absolute Gasteiger partial charge is 0.337 e. The maximum absolute atomic E-state index is 12.3. The van der Waals surface area contributed by atoms with Gasteiger partial charge in [0.25, 0.3) is 0 Å². The van der Waals surface area contributed by atoms with E-state index in [-0.39, 0.29) is 17.3 Å². The van der Waals surface area contributed by atoms with E-state index in [0.29, 0.717) is 18.1 Å². The number of aliphatic hydroxyl groups is 1. The third-order valence-corrected chi connectivity index (χ3v) is 8.32. The lowest BCUT2D eigenvalue weighted by Crippen LogP contribution is -2.49. The Hall–Kier alpha value is -2.68. The first-order chi connectivity index (χ1) is 16.9. The molecule has 3 aliphatic rings. The lowest BCUT2D eigenvalue weighted by Gasteiger charge is -2.45. The van der Waals surface area contributed by atoms with Crippen molar-refractivity contribution in [2.45, 2.75) is 50.5 Å². The van der Waals surface area contributed by atoms with Gasteiger partial charge in [-0.05, 0) is 86.4 Å². The van der Waals surface area contributed by atoms with Gasteiger partial charge >= 0.3 is 5.97 Å². The number of aryl methyl sites for hydroxylation is 1. The topological polar surface area (TPSA) is 59.0 Å². The van der Waals surface area contributed by atoms with Crippen LogP contribution in [0, 0.1) is 23.7 Å². The summed E-state index contributed by atoms with van der Waals surface area (Å²) in [4.78, 5) is 14.7. The van der Waals surface area contributed by atoms with E-state index in [1.165, 1.54) is 18.2 Å². The van der Waals surface area contributed by atoms with Crippen LogP contribution in [0.1, 0.15) is 54.1 Å². The number of carbonyl (C=O) groups excluding carboxylic acids is 1. The van der Waals surface area contributed by atoms with Crippen LogP contribution >= 0.6 is 11.6 Å².